The smallest absolute Gasteiger partial charge is 0.305 e. The van der Waals surface area contributed by atoms with Crippen LogP contribution in [0.5, 0.6) is 0 Å². The van der Waals surface area contributed by atoms with Gasteiger partial charge < -0.3 is 20.3 Å². The predicted octanol–water partition coefficient (Wildman–Crippen LogP) is 18.6. The summed E-state index contributed by atoms with van der Waals surface area (Å²) in [5.41, 5.74) is 0. The molecule has 2 unspecified atom stereocenters. The lowest BCUT2D eigenvalue weighted by molar-refractivity contribution is -0.143. The second-order valence-corrected chi connectivity index (χ2v) is 20.7. The summed E-state index contributed by atoms with van der Waals surface area (Å²) in [6.45, 7) is 4.87. The van der Waals surface area contributed by atoms with Crippen LogP contribution in [-0.4, -0.2) is 47.4 Å². The Balaban J connectivity index is 3.51. The fraction of sp³-hybridized carbons (Fsp3) is 0.902. The molecule has 0 spiro atoms. The molecule has 0 aromatic carbocycles. The Morgan fingerprint density at radius 2 is 0.701 bits per heavy atom. The molecule has 0 aliphatic rings. The minimum Gasteiger partial charge on any atom is -0.466 e. The third kappa shape index (κ3) is 53.5. The van der Waals surface area contributed by atoms with E-state index in [2.05, 4.69) is 31.3 Å². The molecule has 0 bridgehead atoms. The molecular weight excluding hydrogens is 827 g/mol. The molecule has 0 aliphatic heterocycles. The number of carbonyl (C=O) groups excluding carboxylic acids is 2. The molecule has 6 nitrogen and oxygen atoms in total. The van der Waals surface area contributed by atoms with Crippen LogP contribution in [0.2, 0.25) is 0 Å². The molecule has 396 valence electrons. The highest BCUT2D eigenvalue weighted by Crippen LogP contribution is 2.17. The fourth-order valence-corrected chi connectivity index (χ4v) is 9.34. The molecule has 67 heavy (non-hydrogen) atoms. The molecule has 0 aromatic rings. The Bertz CT molecular complexity index is 1040. The first-order valence-electron chi connectivity index (χ1n) is 30.1. The van der Waals surface area contributed by atoms with E-state index in [9.17, 15) is 19.8 Å². The second kappa shape index (κ2) is 56.9. The van der Waals surface area contributed by atoms with Gasteiger partial charge in [0.1, 0.15) is 0 Å². The van der Waals surface area contributed by atoms with Crippen LogP contribution in [0.25, 0.3) is 0 Å². The normalized spacial score (nSPS) is 12.7. The molecule has 0 saturated carbocycles. The van der Waals surface area contributed by atoms with Crippen molar-refractivity contribution in [3.8, 4) is 0 Å². The van der Waals surface area contributed by atoms with Crippen molar-refractivity contribution in [2.24, 2.45) is 0 Å². The highest BCUT2D eigenvalue weighted by atomic mass is 16.5. The van der Waals surface area contributed by atoms with Gasteiger partial charge in [-0.3, -0.25) is 9.59 Å². The second-order valence-electron chi connectivity index (χ2n) is 20.7. The molecule has 0 heterocycles. The first-order chi connectivity index (χ1) is 33.0. The van der Waals surface area contributed by atoms with Crippen molar-refractivity contribution in [2.75, 3.05) is 13.2 Å². The number of esters is 1. The first kappa shape index (κ1) is 65.3. The molecule has 1 amide bonds. The van der Waals surface area contributed by atoms with Crippen LogP contribution in [-0.2, 0) is 14.3 Å². The van der Waals surface area contributed by atoms with E-state index >= 15 is 0 Å². The van der Waals surface area contributed by atoms with Crippen molar-refractivity contribution in [1.82, 2.24) is 5.32 Å². The molecule has 0 rings (SSSR count). The van der Waals surface area contributed by atoms with E-state index in [0.29, 0.717) is 19.4 Å². The molecule has 0 fully saturated rings. The van der Waals surface area contributed by atoms with Crippen molar-refractivity contribution in [3.05, 3.63) is 24.3 Å². The number of rotatable bonds is 56. The standard InChI is InChI=1S/C61H117NO5/c1-3-5-7-9-11-13-15-17-19-20-21-22-23-24-25-26-28-29-33-37-41-45-49-53-59(64)58(57-63)62-60(65)54-50-46-42-38-34-31-32-36-40-44-48-52-56-67-61(66)55-51-47-43-39-35-30-27-18-16-14-12-10-8-6-4-2/h32,36,49,53,58-59,63-64H,3-31,33-35,37-48,50-52,54-57H2,1-2H3,(H,62,65)/b36-32-,53-49+. The van der Waals surface area contributed by atoms with Gasteiger partial charge in [0.2, 0.25) is 5.91 Å². The number of carbonyl (C=O) groups is 2. The number of hydrogen-bond donors (Lipinski definition) is 3. The fourth-order valence-electron chi connectivity index (χ4n) is 9.34. The number of amides is 1. The Hall–Kier alpha value is -1.66. The van der Waals surface area contributed by atoms with Gasteiger partial charge in [0.15, 0.2) is 0 Å². The van der Waals surface area contributed by atoms with E-state index in [1.807, 2.05) is 6.08 Å². The lowest BCUT2D eigenvalue weighted by Crippen LogP contribution is -2.45. The van der Waals surface area contributed by atoms with Crippen molar-refractivity contribution in [3.63, 3.8) is 0 Å². The zero-order valence-electron chi connectivity index (χ0n) is 45.1. The average Bonchev–Trinajstić information content (AvgIpc) is 3.33. The van der Waals surface area contributed by atoms with E-state index in [1.165, 1.54) is 225 Å². The Morgan fingerprint density at radius 1 is 0.403 bits per heavy atom. The summed E-state index contributed by atoms with van der Waals surface area (Å²) in [5, 5.41) is 23.2. The summed E-state index contributed by atoms with van der Waals surface area (Å²) in [4.78, 5) is 24.5. The van der Waals surface area contributed by atoms with E-state index in [1.54, 1.807) is 6.08 Å². The van der Waals surface area contributed by atoms with Crippen molar-refractivity contribution in [2.45, 2.75) is 341 Å². The average molecular weight is 945 g/mol. The van der Waals surface area contributed by atoms with Crippen LogP contribution in [0.4, 0.5) is 0 Å². The summed E-state index contributed by atoms with van der Waals surface area (Å²) < 4.78 is 5.46. The quantitative estimate of drug-likeness (QED) is 0.0321. The SMILES string of the molecule is CCCCCCCCCCCCCCCCCCCCCCC/C=C/C(O)C(CO)NC(=O)CCCCCCC/C=C\CCCCCOC(=O)CCCCCCCCCCCCCCCCC. The van der Waals surface area contributed by atoms with E-state index in [4.69, 9.17) is 4.74 Å². The number of allylic oxidation sites excluding steroid dienone is 3. The van der Waals surface area contributed by atoms with Gasteiger partial charge in [-0.2, -0.15) is 0 Å². The summed E-state index contributed by atoms with van der Waals surface area (Å²) in [6, 6.07) is -0.647. The Labute approximate surface area is 418 Å². The number of unbranched alkanes of at least 4 members (excludes halogenated alkanes) is 43. The van der Waals surface area contributed by atoms with Crippen LogP contribution in [0.3, 0.4) is 0 Å². The molecular formula is C61H117NO5. The summed E-state index contributed by atoms with van der Waals surface area (Å²) in [6.07, 6.45) is 69.2. The molecule has 0 radical (unpaired) electrons. The molecule has 0 aromatic heterocycles. The number of hydrogen-bond acceptors (Lipinski definition) is 5. The van der Waals surface area contributed by atoms with Crippen LogP contribution >= 0.6 is 0 Å². The van der Waals surface area contributed by atoms with Gasteiger partial charge in [0.25, 0.3) is 0 Å². The topological polar surface area (TPSA) is 95.9 Å². The minimum absolute atomic E-state index is 0.0208. The van der Waals surface area contributed by atoms with E-state index in [0.717, 1.165) is 77.0 Å². The lowest BCUT2D eigenvalue weighted by atomic mass is 10.0. The lowest BCUT2D eigenvalue weighted by Gasteiger charge is -2.20. The molecule has 6 heteroatoms. The molecule has 3 N–H and O–H groups in total. The Morgan fingerprint density at radius 3 is 1.06 bits per heavy atom. The molecule has 2 atom stereocenters. The highest BCUT2D eigenvalue weighted by Gasteiger charge is 2.18. The minimum atomic E-state index is -0.861. The predicted molar refractivity (Wildman–Crippen MR) is 292 cm³/mol. The monoisotopic (exact) mass is 944 g/mol. The maximum absolute atomic E-state index is 12.5. The highest BCUT2D eigenvalue weighted by molar-refractivity contribution is 5.76. The van der Waals surface area contributed by atoms with Crippen molar-refractivity contribution < 1.29 is 24.5 Å². The summed E-state index contributed by atoms with van der Waals surface area (Å²) >= 11 is 0. The molecule has 0 saturated heterocycles. The van der Waals surface area contributed by atoms with Gasteiger partial charge in [-0.25, -0.2) is 0 Å². The van der Waals surface area contributed by atoms with Crippen molar-refractivity contribution in [1.29, 1.82) is 0 Å². The number of nitrogens with one attached hydrogen (secondary N) is 1. The maximum atomic E-state index is 12.5. The first-order valence-corrected chi connectivity index (χ1v) is 30.1. The zero-order valence-corrected chi connectivity index (χ0v) is 45.1. The van der Waals surface area contributed by atoms with Crippen LogP contribution < -0.4 is 5.32 Å². The number of ether oxygens (including phenoxy) is 1. The number of aliphatic hydroxyl groups is 2. The summed E-state index contributed by atoms with van der Waals surface area (Å²) in [7, 11) is 0. The van der Waals surface area contributed by atoms with Crippen LogP contribution in [0.1, 0.15) is 328 Å². The maximum Gasteiger partial charge on any atom is 0.305 e. The van der Waals surface area contributed by atoms with E-state index < -0.39 is 12.1 Å². The third-order valence-corrected chi connectivity index (χ3v) is 14.0. The van der Waals surface area contributed by atoms with Gasteiger partial charge in [0, 0.05) is 12.8 Å². The zero-order chi connectivity index (χ0) is 48.6. The van der Waals surface area contributed by atoms with Gasteiger partial charge in [-0.15, -0.1) is 0 Å². The van der Waals surface area contributed by atoms with Gasteiger partial charge in [-0.05, 0) is 64.2 Å². The molecule has 0 aliphatic carbocycles. The number of aliphatic hydroxyl groups excluding tert-OH is 2. The third-order valence-electron chi connectivity index (χ3n) is 14.0. The van der Waals surface area contributed by atoms with Gasteiger partial charge >= 0.3 is 5.97 Å². The van der Waals surface area contributed by atoms with Gasteiger partial charge in [0.05, 0.1) is 25.4 Å². The Kier molecular flexibility index (Phi) is 55.5. The van der Waals surface area contributed by atoms with Gasteiger partial charge in [-0.1, -0.05) is 276 Å². The van der Waals surface area contributed by atoms with E-state index in [-0.39, 0.29) is 18.5 Å². The van der Waals surface area contributed by atoms with Crippen molar-refractivity contribution >= 4 is 11.9 Å². The van der Waals surface area contributed by atoms with Crippen LogP contribution in [0.15, 0.2) is 24.3 Å². The summed E-state index contributed by atoms with van der Waals surface area (Å²) in [5.74, 6) is -0.111. The largest absolute Gasteiger partial charge is 0.466 e. The van der Waals surface area contributed by atoms with Crippen LogP contribution in [0, 0.1) is 0 Å².